The Bertz CT molecular complexity index is 1460. The topological polar surface area (TPSA) is 307 Å². The van der Waals surface area contributed by atoms with Gasteiger partial charge in [-0.1, -0.05) is 206 Å². The molecule has 0 saturated carbocycles. The van der Waals surface area contributed by atoms with E-state index < -0.39 is 124 Å². The fraction of sp³-hybridized carbons (Fsp3) is 0.948. The molecule has 17 atom stereocenters. The summed E-state index contributed by atoms with van der Waals surface area (Å²) in [6, 6.07) is -0.966. The Kier molecular flexibility index (Phi) is 38.4. The molecule has 3 saturated heterocycles. The third-order valence-corrected chi connectivity index (χ3v) is 15.6. The van der Waals surface area contributed by atoms with E-state index in [1.54, 1.807) is 6.08 Å². The minimum atomic E-state index is -1.97. The molecular weight excluding hydrogens is 999 g/mol. The van der Waals surface area contributed by atoms with E-state index in [9.17, 15) is 61.0 Å². The van der Waals surface area contributed by atoms with Crippen molar-refractivity contribution in [1.82, 2.24) is 5.32 Å². The highest BCUT2D eigenvalue weighted by molar-refractivity contribution is 5.76. The number of carbonyl (C=O) groups is 1. The van der Waals surface area contributed by atoms with Crippen LogP contribution in [-0.4, -0.2) is 193 Å². The first-order chi connectivity index (χ1) is 37.3. The number of ether oxygens (including phenoxy) is 6. The first kappa shape index (κ1) is 69.8. The molecule has 0 spiro atoms. The van der Waals surface area contributed by atoms with E-state index in [1.807, 2.05) is 6.08 Å². The summed E-state index contributed by atoms with van der Waals surface area (Å²) >= 11 is 0. The monoisotopic (exact) mass is 1110 g/mol. The Balaban J connectivity index is 1.49. The average Bonchev–Trinajstić information content (AvgIpc) is 3.43. The fourth-order valence-corrected chi connectivity index (χ4v) is 10.5. The van der Waals surface area contributed by atoms with Crippen LogP contribution >= 0.6 is 0 Å². The zero-order valence-electron chi connectivity index (χ0n) is 47.2. The standard InChI is InChI=1S/C58H109NO18/c1-3-5-7-9-11-13-15-17-18-19-20-21-22-23-24-25-27-29-31-33-35-42(63)41(59-46(64)36-34-32-30-28-26-16-14-12-10-8-6-4-2)40-72-56-52(70)49(67)54(44(38-61)74-56)77-58-53(71)50(68)55(45(39-62)75-58)76-57-51(69)48(66)47(65)43(37-60)73-57/h33,35,41-45,47-58,60-63,65-71H,3-32,34,36-40H2,1-2H3,(H,59,64)/b35-33+. The summed E-state index contributed by atoms with van der Waals surface area (Å²) in [4.78, 5) is 13.3. The smallest absolute Gasteiger partial charge is 0.220 e. The number of aliphatic hydroxyl groups is 11. The van der Waals surface area contributed by atoms with Crippen molar-refractivity contribution in [2.75, 3.05) is 26.4 Å². The van der Waals surface area contributed by atoms with Crippen LogP contribution in [0.3, 0.4) is 0 Å². The van der Waals surface area contributed by atoms with Gasteiger partial charge >= 0.3 is 0 Å². The van der Waals surface area contributed by atoms with E-state index in [0.717, 1.165) is 44.9 Å². The van der Waals surface area contributed by atoms with Crippen LogP contribution in [0.15, 0.2) is 12.2 Å². The van der Waals surface area contributed by atoms with Gasteiger partial charge in [-0.25, -0.2) is 0 Å². The molecule has 3 rings (SSSR count). The number of hydrogen-bond acceptors (Lipinski definition) is 18. The van der Waals surface area contributed by atoms with Gasteiger partial charge in [0.15, 0.2) is 18.9 Å². The SMILES string of the molecule is CCCCCCCCCCCCCCCCCCCC/C=C/C(O)C(COC1OC(CO)C(OC2OC(CO)C(OC3OC(CO)C(O)C(O)C3O)C(O)C2O)C(O)C1O)NC(=O)CCCCCCCCCCCCCC. The molecule has 0 aromatic carbocycles. The Morgan fingerprint density at radius 1 is 0.455 bits per heavy atom. The maximum absolute atomic E-state index is 13.3. The number of unbranched alkanes of at least 4 members (excludes halogenated alkanes) is 29. The molecular formula is C58H109NO18. The van der Waals surface area contributed by atoms with Gasteiger partial charge in [0.05, 0.1) is 38.6 Å². The number of allylic oxidation sites excluding steroid dienone is 1. The molecule has 454 valence electrons. The molecule has 12 N–H and O–H groups in total. The minimum absolute atomic E-state index is 0.248. The maximum atomic E-state index is 13.3. The molecule has 3 aliphatic heterocycles. The molecule has 0 bridgehead atoms. The Morgan fingerprint density at radius 2 is 0.805 bits per heavy atom. The Morgan fingerprint density at radius 3 is 1.22 bits per heavy atom. The summed E-state index contributed by atoms with van der Waals surface area (Å²) in [5, 5.41) is 120. The number of hydrogen-bond donors (Lipinski definition) is 12. The van der Waals surface area contributed by atoms with Crippen molar-refractivity contribution in [2.45, 2.75) is 324 Å². The molecule has 0 aliphatic carbocycles. The summed E-state index contributed by atoms with van der Waals surface area (Å²) in [7, 11) is 0. The van der Waals surface area contributed by atoms with E-state index in [4.69, 9.17) is 28.4 Å². The molecule has 19 heteroatoms. The average molecular weight is 1110 g/mol. The second-order valence-electron chi connectivity index (χ2n) is 22.2. The molecule has 0 radical (unpaired) electrons. The minimum Gasteiger partial charge on any atom is -0.394 e. The second kappa shape index (κ2) is 42.4. The normalized spacial score (nSPS) is 30.7. The highest BCUT2D eigenvalue weighted by Crippen LogP contribution is 2.33. The van der Waals surface area contributed by atoms with Crippen LogP contribution in [0.25, 0.3) is 0 Å². The zero-order valence-corrected chi connectivity index (χ0v) is 47.2. The van der Waals surface area contributed by atoms with Crippen LogP contribution in [0.1, 0.15) is 219 Å². The van der Waals surface area contributed by atoms with Crippen molar-refractivity contribution in [3.63, 3.8) is 0 Å². The van der Waals surface area contributed by atoms with Crippen molar-refractivity contribution >= 4 is 5.91 Å². The molecule has 0 aromatic heterocycles. The molecule has 17 unspecified atom stereocenters. The van der Waals surface area contributed by atoms with E-state index in [0.29, 0.717) is 6.42 Å². The first-order valence-corrected chi connectivity index (χ1v) is 30.4. The molecule has 3 heterocycles. The highest BCUT2D eigenvalue weighted by atomic mass is 16.8. The van der Waals surface area contributed by atoms with Crippen LogP contribution in [0.5, 0.6) is 0 Å². The van der Waals surface area contributed by atoms with E-state index in [1.165, 1.54) is 148 Å². The number of rotatable bonds is 45. The van der Waals surface area contributed by atoms with Gasteiger partial charge in [-0.3, -0.25) is 4.79 Å². The third kappa shape index (κ3) is 26.5. The third-order valence-electron chi connectivity index (χ3n) is 15.6. The maximum Gasteiger partial charge on any atom is 0.220 e. The lowest BCUT2D eigenvalue weighted by Gasteiger charge is -2.48. The van der Waals surface area contributed by atoms with Gasteiger partial charge in [-0.2, -0.15) is 0 Å². The van der Waals surface area contributed by atoms with Crippen LogP contribution in [-0.2, 0) is 33.2 Å². The summed E-state index contributed by atoms with van der Waals surface area (Å²) in [6.07, 6.45) is 14.8. The number of amides is 1. The second-order valence-corrected chi connectivity index (χ2v) is 22.2. The van der Waals surface area contributed by atoms with Crippen LogP contribution in [0.4, 0.5) is 0 Å². The highest BCUT2D eigenvalue weighted by Gasteiger charge is 2.53. The van der Waals surface area contributed by atoms with Crippen LogP contribution in [0, 0.1) is 0 Å². The van der Waals surface area contributed by atoms with Crippen molar-refractivity contribution in [2.24, 2.45) is 0 Å². The van der Waals surface area contributed by atoms with Gasteiger partial charge in [-0.15, -0.1) is 0 Å². The first-order valence-electron chi connectivity index (χ1n) is 30.4. The molecule has 3 fully saturated rings. The molecule has 3 aliphatic rings. The Labute approximate surface area is 461 Å². The quantitative estimate of drug-likeness (QED) is 0.0269. The van der Waals surface area contributed by atoms with E-state index in [-0.39, 0.29) is 18.9 Å². The summed E-state index contributed by atoms with van der Waals surface area (Å²) < 4.78 is 34.2. The van der Waals surface area contributed by atoms with Gasteiger partial charge in [0.2, 0.25) is 5.91 Å². The number of nitrogens with one attached hydrogen (secondary N) is 1. The number of aliphatic hydroxyl groups excluding tert-OH is 11. The summed E-state index contributed by atoms with van der Waals surface area (Å²) in [6.45, 7) is 1.73. The van der Waals surface area contributed by atoms with Crippen molar-refractivity contribution in [1.29, 1.82) is 0 Å². The predicted octanol–water partition coefficient (Wildman–Crippen LogP) is 5.38. The van der Waals surface area contributed by atoms with Crippen LogP contribution < -0.4 is 5.32 Å². The van der Waals surface area contributed by atoms with Gasteiger partial charge in [0, 0.05) is 6.42 Å². The molecule has 19 nitrogen and oxygen atoms in total. The number of carbonyl (C=O) groups excluding carboxylic acids is 1. The van der Waals surface area contributed by atoms with Gasteiger partial charge in [-0.05, 0) is 19.3 Å². The molecule has 77 heavy (non-hydrogen) atoms. The molecule has 0 aromatic rings. The van der Waals surface area contributed by atoms with Gasteiger partial charge in [0.1, 0.15) is 73.2 Å². The lowest BCUT2D eigenvalue weighted by atomic mass is 9.96. The zero-order chi connectivity index (χ0) is 56.2. The van der Waals surface area contributed by atoms with Gasteiger partial charge in [0.25, 0.3) is 0 Å². The van der Waals surface area contributed by atoms with Crippen molar-refractivity contribution in [3.8, 4) is 0 Å². The lowest BCUT2D eigenvalue weighted by Crippen LogP contribution is -2.66. The summed E-state index contributed by atoms with van der Waals surface area (Å²) in [5.74, 6) is -0.274. The largest absolute Gasteiger partial charge is 0.394 e. The predicted molar refractivity (Wildman–Crippen MR) is 291 cm³/mol. The summed E-state index contributed by atoms with van der Waals surface area (Å²) in [5.41, 5.74) is 0. The van der Waals surface area contributed by atoms with Gasteiger partial charge < -0.3 is 89.9 Å². The van der Waals surface area contributed by atoms with E-state index in [2.05, 4.69) is 19.2 Å². The Hall–Kier alpha value is -1.47. The van der Waals surface area contributed by atoms with Crippen molar-refractivity contribution in [3.05, 3.63) is 12.2 Å². The lowest BCUT2D eigenvalue weighted by molar-refractivity contribution is -0.379. The van der Waals surface area contributed by atoms with E-state index >= 15 is 0 Å². The van der Waals surface area contributed by atoms with Crippen LogP contribution in [0.2, 0.25) is 0 Å². The molecule has 1 amide bonds. The fourth-order valence-electron chi connectivity index (χ4n) is 10.5. The van der Waals surface area contributed by atoms with Crippen molar-refractivity contribution < 1.29 is 89.4 Å².